The van der Waals surface area contributed by atoms with Crippen LogP contribution in [0.3, 0.4) is 0 Å². The number of nitrogens with zero attached hydrogens (tertiary/aromatic N) is 1. The summed E-state index contributed by atoms with van der Waals surface area (Å²) in [6.07, 6.45) is 2.43. The summed E-state index contributed by atoms with van der Waals surface area (Å²) in [4.78, 5) is 14.8. The molecule has 1 heterocycles. The van der Waals surface area contributed by atoms with Crippen LogP contribution in [0.15, 0.2) is 40.9 Å². The third-order valence-electron chi connectivity index (χ3n) is 4.33. The van der Waals surface area contributed by atoms with E-state index in [-0.39, 0.29) is 11.7 Å². The SMILES string of the molecule is Cc1cc(Br)c(O)c(C(=O)NCc2ccccc2N2CCCC2)c1. The molecule has 24 heavy (non-hydrogen) atoms. The van der Waals surface area contributed by atoms with Crippen molar-refractivity contribution >= 4 is 27.5 Å². The maximum absolute atomic E-state index is 12.5. The summed E-state index contributed by atoms with van der Waals surface area (Å²) in [5.74, 6) is -0.293. The van der Waals surface area contributed by atoms with Gasteiger partial charge in [-0.1, -0.05) is 18.2 Å². The zero-order valence-corrected chi connectivity index (χ0v) is 15.3. The van der Waals surface area contributed by atoms with Crippen molar-refractivity contribution in [1.29, 1.82) is 0 Å². The molecule has 0 spiro atoms. The summed E-state index contributed by atoms with van der Waals surface area (Å²) in [7, 11) is 0. The molecule has 2 aromatic rings. The lowest BCUT2D eigenvalue weighted by Crippen LogP contribution is -2.25. The fourth-order valence-corrected chi connectivity index (χ4v) is 3.68. The number of carbonyl (C=O) groups excluding carboxylic acids is 1. The number of aromatic hydroxyl groups is 1. The van der Waals surface area contributed by atoms with Gasteiger partial charge in [-0.25, -0.2) is 0 Å². The Bertz CT molecular complexity index is 755. The molecule has 1 saturated heterocycles. The predicted molar refractivity (Wildman–Crippen MR) is 99.6 cm³/mol. The fraction of sp³-hybridized carbons (Fsp3) is 0.316. The van der Waals surface area contributed by atoms with Gasteiger partial charge in [-0.05, 0) is 65.0 Å². The second-order valence-electron chi connectivity index (χ2n) is 6.15. The van der Waals surface area contributed by atoms with Crippen LogP contribution in [0, 0.1) is 6.92 Å². The molecule has 2 aromatic carbocycles. The lowest BCUT2D eigenvalue weighted by Gasteiger charge is -2.21. The number of phenolic OH excluding ortho intramolecular Hbond substituents is 1. The minimum absolute atomic E-state index is 0.0223. The first-order valence-corrected chi connectivity index (χ1v) is 8.95. The van der Waals surface area contributed by atoms with Crippen molar-refractivity contribution in [2.24, 2.45) is 0 Å². The van der Waals surface area contributed by atoms with Crippen molar-refractivity contribution in [2.75, 3.05) is 18.0 Å². The van der Waals surface area contributed by atoms with E-state index in [1.807, 2.05) is 25.1 Å². The van der Waals surface area contributed by atoms with Crippen LogP contribution < -0.4 is 10.2 Å². The first kappa shape index (κ1) is 16.8. The summed E-state index contributed by atoms with van der Waals surface area (Å²) in [6.45, 7) is 4.47. The van der Waals surface area contributed by atoms with Crippen LogP contribution >= 0.6 is 15.9 Å². The van der Waals surface area contributed by atoms with Crippen molar-refractivity contribution in [3.8, 4) is 5.75 Å². The van der Waals surface area contributed by atoms with Gasteiger partial charge in [0, 0.05) is 25.3 Å². The molecule has 1 fully saturated rings. The number of carbonyl (C=O) groups is 1. The highest BCUT2D eigenvalue weighted by Gasteiger charge is 2.17. The second-order valence-corrected chi connectivity index (χ2v) is 7.00. The summed E-state index contributed by atoms with van der Waals surface area (Å²) in [5.41, 5.74) is 3.49. The number of benzene rings is 2. The first-order valence-electron chi connectivity index (χ1n) is 8.16. The fourth-order valence-electron chi connectivity index (χ4n) is 3.11. The van der Waals surface area contributed by atoms with E-state index in [1.165, 1.54) is 18.5 Å². The molecule has 2 N–H and O–H groups in total. The molecular weight excluding hydrogens is 368 g/mol. The molecule has 0 aliphatic carbocycles. The molecule has 0 aromatic heterocycles. The number of nitrogens with one attached hydrogen (secondary N) is 1. The van der Waals surface area contributed by atoms with Crippen molar-refractivity contribution in [1.82, 2.24) is 5.32 Å². The Morgan fingerprint density at radius 1 is 1.25 bits per heavy atom. The number of halogens is 1. The molecule has 1 amide bonds. The lowest BCUT2D eigenvalue weighted by atomic mass is 10.1. The monoisotopic (exact) mass is 388 g/mol. The molecule has 126 valence electrons. The van der Waals surface area contributed by atoms with Crippen LogP contribution in [0.1, 0.15) is 34.3 Å². The van der Waals surface area contributed by atoms with Crippen LogP contribution in [-0.4, -0.2) is 24.1 Å². The van der Waals surface area contributed by atoms with Gasteiger partial charge in [0.2, 0.25) is 0 Å². The standard InChI is InChI=1S/C19H21BrN2O2/c1-13-10-15(18(23)16(20)11-13)19(24)21-12-14-6-2-3-7-17(14)22-8-4-5-9-22/h2-3,6-7,10-11,23H,4-5,8-9,12H2,1H3,(H,21,24). The molecule has 0 unspecified atom stereocenters. The molecule has 3 rings (SSSR count). The largest absolute Gasteiger partial charge is 0.506 e. The second kappa shape index (κ2) is 7.26. The Morgan fingerprint density at radius 3 is 2.71 bits per heavy atom. The number of hydrogen-bond acceptors (Lipinski definition) is 3. The molecule has 1 aliphatic rings. The van der Waals surface area contributed by atoms with E-state index in [9.17, 15) is 9.90 Å². The third-order valence-corrected chi connectivity index (χ3v) is 4.93. The van der Waals surface area contributed by atoms with Crippen LogP contribution in [0.5, 0.6) is 5.75 Å². The number of amides is 1. The van der Waals surface area contributed by atoms with E-state index in [0.29, 0.717) is 16.6 Å². The Balaban J connectivity index is 1.76. The minimum atomic E-state index is -0.270. The Hall–Kier alpha value is -2.01. The molecule has 0 saturated carbocycles. The van der Waals surface area contributed by atoms with E-state index in [1.54, 1.807) is 12.1 Å². The van der Waals surface area contributed by atoms with Gasteiger partial charge in [-0.2, -0.15) is 0 Å². The van der Waals surface area contributed by atoms with Crippen molar-refractivity contribution in [3.05, 3.63) is 57.6 Å². The number of para-hydroxylation sites is 1. The number of rotatable bonds is 4. The topological polar surface area (TPSA) is 52.6 Å². The van der Waals surface area contributed by atoms with Crippen LogP contribution in [0.2, 0.25) is 0 Å². The highest BCUT2D eigenvalue weighted by molar-refractivity contribution is 9.10. The zero-order chi connectivity index (χ0) is 17.1. The van der Waals surface area contributed by atoms with E-state index in [2.05, 4.69) is 32.2 Å². The van der Waals surface area contributed by atoms with Gasteiger partial charge in [-0.3, -0.25) is 4.79 Å². The average Bonchev–Trinajstić information content (AvgIpc) is 3.10. The predicted octanol–water partition coefficient (Wildman–Crippen LogP) is 3.99. The summed E-state index contributed by atoms with van der Waals surface area (Å²) in [5, 5.41) is 13.0. The highest BCUT2D eigenvalue weighted by Crippen LogP contribution is 2.29. The van der Waals surface area contributed by atoms with E-state index >= 15 is 0 Å². The Morgan fingerprint density at radius 2 is 1.96 bits per heavy atom. The van der Waals surface area contributed by atoms with Gasteiger partial charge >= 0.3 is 0 Å². The minimum Gasteiger partial charge on any atom is -0.506 e. The quantitative estimate of drug-likeness (QED) is 0.832. The van der Waals surface area contributed by atoms with Gasteiger partial charge in [0.15, 0.2) is 0 Å². The van der Waals surface area contributed by atoms with E-state index in [0.717, 1.165) is 24.2 Å². The van der Waals surface area contributed by atoms with Gasteiger partial charge in [0.05, 0.1) is 10.0 Å². The van der Waals surface area contributed by atoms with Crippen molar-refractivity contribution in [2.45, 2.75) is 26.3 Å². The van der Waals surface area contributed by atoms with Crippen LogP contribution in [0.25, 0.3) is 0 Å². The Kier molecular flexibility index (Phi) is 5.09. The summed E-state index contributed by atoms with van der Waals surface area (Å²) < 4.78 is 0.533. The summed E-state index contributed by atoms with van der Waals surface area (Å²) >= 11 is 3.28. The molecular formula is C19H21BrN2O2. The van der Waals surface area contributed by atoms with E-state index < -0.39 is 0 Å². The maximum atomic E-state index is 12.5. The van der Waals surface area contributed by atoms with Crippen molar-refractivity contribution in [3.63, 3.8) is 0 Å². The Labute approximate surface area is 150 Å². The maximum Gasteiger partial charge on any atom is 0.255 e. The molecule has 1 aliphatic heterocycles. The molecule has 5 heteroatoms. The lowest BCUT2D eigenvalue weighted by molar-refractivity contribution is 0.0948. The van der Waals surface area contributed by atoms with Gasteiger partial charge < -0.3 is 15.3 Å². The highest BCUT2D eigenvalue weighted by atomic mass is 79.9. The molecule has 0 radical (unpaired) electrons. The number of hydrogen-bond donors (Lipinski definition) is 2. The van der Waals surface area contributed by atoms with Gasteiger partial charge in [0.25, 0.3) is 5.91 Å². The third kappa shape index (κ3) is 3.56. The smallest absolute Gasteiger partial charge is 0.255 e. The van der Waals surface area contributed by atoms with Gasteiger partial charge in [0.1, 0.15) is 5.75 Å². The number of aryl methyl sites for hydroxylation is 1. The average molecular weight is 389 g/mol. The summed E-state index contributed by atoms with van der Waals surface area (Å²) in [6, 6.07) is 11.6. The number of anilines is 1. The molecule has 0 bridgehead atoms. The first-order chi connectivity index (χ1) is 11.6. The molecule has 4 nitrogen and oxygen atoms in total. The van der Waals surface area contributed by atoms with Crippen LogP contribution in [0.4, 0.5) is 5.69 Å². The molecule has 0 atom stereocenters. The number of phenols is 1. The zero-order valence-electron chi connectivity index (χ0n) is 13.7. The van der Waals surface area contributed by atoms with Gasteiger partial charge in [-0.15, -0.1) is 0 Å². The normalized spacial score (nSPS) is 14.0. The van der Waals surface area contributed by atoms with E-state index in [4.69, 9.17) is 0 Å². The van der Waals surface area contributed by atoms with Crippen molar-refractivity contribution < 1.29 is 9.90 Å². The van der Waals surface area contributed by atoms with Crippen LogP contribution in [-0.2, 0) is 6.54 Å².